The lowest BCUT2D eigenvalue weighted by molar-refractivity contribution is -0.135. The fraction of sp³-hybridized carbons (Fsp3) is 0.458. The number of fused-ring (bicyclic) bond motifs is 3. The van der Waals surface area contributed by atoms with E-state index in [4.69, 9.17) is 16.3 Å². The Kier molecular flexibility index (Phi) is 6.29. The summed E-state index contributed by atoms with van der Waals surface area (Å²) in [5, 5.41) is 11.3. The largest absolute Gasteiger partial charge is 0.449 e. The van der Waals surface area contributed by atoms with Crippen LogP contribution in [0.15, 0.2) is 36.6 Å². The number of H-pyrrole nitrogens is 1. The molecule has 1 aliphatic heterocycles. The van der Waals surface area contributed by atoms with E-state index in [1.54, 1.807) is 6.20 Å². The minimum atomic E-state index is -0.728. The Labute approximate surface area is 192 Å². The van der Waals surface area contributed by atoms with E-state index >= 15 is 0 Å². The van der Waals surface area contributed by atoms with E-state index < -0.39 is 12.1 Å². The average Bonchev–Trinajstić information content (AvgIpc) is 3.19. The predicted molar refractivity (Wildman–Crippen MR) is 124 cm³/mol. The number of ether oxygens (including phenoxy) is 1. The van der Waals surface area contributed by atoms with Gasteiger partial charge in [-0.2, -0.15) is 5.10 Å². The van der Waals surface area contributed by atoms with Gasteiger partial charge in [0.2, 0.25) is 5.91 Å². The van der Waals surface area contributed by atoms with Gasteiger partial charge in [0.05, 0.1) is 23.3 Å². The molecular formula is C24H29ClN4O3. The summed E-state index contributed by atoms with van der Waals surface area (Å²) in [7, 11) is 0. The molecule has 1 aromatic carbocycles. The summed E-state index contributed by atoms with van der Waals surface area (Å²) < 4.78 is 5.43. The molecule has 7 nitrogen and oxygen atoms in total. The highest BCUT2D eigenvalue weighted by Gasteiger charge is 2.34. The summed E-state index contributed by atoms with van der Waals surface area (Å²) in [6, 6.07) is 1.14. The molecule has 32 heavy (non-hydrogen) atoms. The second-order valence-corrected chi connectivity index (χ2v) is 10.1. The minimum absolute atomic E-state index is 0.103. The van der Waals surface area contributed by atoms with Crippen LogP contribution >= 0.6 is 11.6 Å². The maximum atomic E-state index is 13.5. The van der Waals surface area contributed by atoms with Crippen LogP contribution in [0.5, 0.6) is 0 Å². The van der Waals surface area contributed by atoms with Crippen molar-refractivity contribution < 1.29 is 14.3 Å². The van der Waals surface area contributed by atoms with Gasteiger partial charge in [0.25, 0.3) is 0 Å². The number of allylic oxidation sites excluding steroid dienone is 3. The maximum Gasteiger partial charge on any atom is 0.407 e. The summed E-state index contributed by atoms with van der Waals surface area (Å²) in [6.45, 7) is 7.53. The number of aromatic amines is 1. The average molecular weight is 457 g/mol. The summed E-state index contributed by atoms with van der Waals surface area (Å²) in [6.07, 6.45) is 10.3. The lowest BCUT2D eigenvalue weighted by Crippen LogP contribution is -2.50. The first-order valence-corrected chi connectivity index (χ1v) is 11.3. The fourth-order valence-corrected chi connectivity index (χ4v) is 4.56. The Morgan fingerprint density at radius 1 is 1.38 bits per heavy atom. The van der Waals surface area contributed by atoms with Gasteiger partial charge in [-0.15, -0.1) is 0 Å². The van der Waals surface area contributed by atoms with Gasteiger partial charge < -0.3 is 15.0 Å². The zero-order valence-corrected chi connectivity index (χ0v) is 19.4. The molecule has 0 radical (unpaired) electrons. The lowest BCUT2D eigenvalue weighted by Gasteiger charge is -2.31. The van der Waals surface area contributed by atoms with Gasteiger partial charge in [-0.1, -0.05) is 56.7 Å². The van der Waals surface area contributed by atoms with E-state index in [0.717, 1.165) is 28.5 Å². The van der Waals surface area contributed by atoms with E-state index in [0.29, 0.717) is 24.5 Å². The molecule has 2 N–H and O–H groups in total. The van der Waals surface area contributed by atoms with Crippen molar-refractivity contribution in [3.8, 4) is 0 Å². The number of rotatable bonds is 4. The third-order valence-electron chi connectivity index (χ3n) is 5.73. The van der Waals surface area contributed by atoms with Crippen LogP contribution in [0.4, 0.5) is 4.79 Å². The van der Waals surface area contributed by atoms with Crippen molar-refractivity contribution in [1.82, 2.24) is 20.4 Å². The van der Waals surface area contributed by atoms with Crippen LogP contribution in [-0.4, -0.2) is 46.3 Å². The Bertz CT molecular complexity index is 1080. The number of aromatic nitrogens is 2. The smallest absolute Gasteiger partial charge is 0.407 e. The van der Waals surface area contributed by atoms with Crippen molar-refractivity contribution in [1.29, 1.82) is 0 Å². The molecule has 0 bridgehead atoms. The van der Waals surface area contributed by atoms with Crippen molar-refractivity contribution in [2.24, 2.45) is 11.3 Å². The van der Waals surface area contributed by atoms with Crippen LogP contribution in [0.1, 0.15) is 38.3 Å². The maximum absolute atomic E-state index is 13.5. The number of halogens is 1. The van der Waals surface area contributed by atoms with E-state index in [2.05, 4.69) is 36.3 Å². The third kappa shape index (κ3) is 4.99. The summed E-state index contributed by atoms with van der Waals surface area (Å²) >= 11 is 6.46. The summed E-state index contributed by atoms with van der Waals surface area (Å²) in [4.78, 5) is 27.8. The van der Waals surface area contributed by atoms with Crippen molar-refractivity contribution in [2.45, 2.75) is 46.2 Å². The molecule has 0 fully saturated rings. The highest BCUT2D eigenvalue weighted by molar-refractivity contribution is 6.35. The molecule has 170 valence electrons. The number of nitrogens with one attached hydrogen (secondary N) is 2. The monoisotopic (exact) mass is 456 g/mol. The molecule has 1 aromatic heterocycles. The number of amides is 2. The first-order valence-electron chi connectivity index (χ1n) is 10.9. The molecule has 8 heteroatoms. The van der Waals surface area contributed by atoms with Gasteiger partial charge in [0.15, 0.2) is 0 Å². The molecule has 4 rings (SSSR count). The van der Waals surface area contributed by atoms with Gasteiger partial charge in [-0.3, -0.25) is 9.89 Å². The predicted octanol–water partition coefficient (Wildman–Crippen LogP) is 4.37. The van der Waals surface area contributed by atoms with Gasteiger partial charge in [-0.05, 0) is 29.0 Å². The molecule has 1 aliphatic carbocycles. The first kappa shape index (κ1) is 22.4. The Morgan fingerprint density at radius 2 is 2.19 bits per heavy atom. The van der Waals surface area contributed by atoms with Crippen LogP contribution < -0.4 is 5.32 Å². The Balaban J connectivity index is 1.57. The van der Waals surface area contributed by atoms with Crippen LogP contribution in [0.3, 0.4) is 0 Å². The van der Waals surface area contributed by atoms with E-state index in [1.807, 2.05) is 35.3 Å². The fourth-order valence-electron chi connectivity index (χ4n) is 4.29. The quantitative estimate of drug-likeness (QED) is 0.714. The topological polar surface area (TPSA) is 87.3 Å². The van der Waals surface area contributed by atoms with Gasteiger partial charge in [0, 0.05) is 30.8 Å². The standard InChI is InChI=1S/C24H29ClN4O3/c1-24(2,3)14-29-12-18-16(9-19(25)21-17(18)11-26-28-21)10-20(22(29)30)27-23(31)32-13-15-7-5-4-6-8-15/h4-7,9,11,15,20H,8,10,12-14H2,1-3H3,(H,26,28)(H,27,31)/t15?,20-/m1/s1. The summed E-state index contributed by atoms with van der Waals surface area (Å²) in [5.41, 5.74) is 2.59. The third-order valence-corrected chi connectivity index (χ3v) is 6.03. The van der Waals surface area contributed by atoms with E-state index in [1.165, 1.54) is 0 Å². The number of hydrogen-bond acceptors (Lipinski definition) is 4. The van der Waals surface area contributed by atoms with Gasteiger partial charge >= 0.3 is 6.09 Å². The molecule has 0 saturated carbocycles. The number of nitrogens with zero attached hydrogens (tertiary/aromatic N) is 2. The number of benzene rings is 1. The molecule has 0 spiro atoms. The molecule has 2 aromatic rings. The van der Waals surface area contributed by atoms with Gasteiger partial charge in [-0.25, -0.2) is 4.79 Å². The van der Waals surface area contributed by atoms with Crippen molar-refractivity contribution >= 4 is 34.5 Å². The number of alkyl carbamates (subject to hydrolysis) is 1. The molecule has 1 unspecified atom stereocenters. The number of carbonyl (C=O) groups excluding carboxylic acids is 2. The summed E-state index contributed by atoms with van der Waals surface area (Å²) in [5.74, 6) is 0.0308. The second-order valence-electron chi connectivity index (χ2n) is 9.72. The van der Waals surface area contributed by atoms with Crippen LogP contribution in [0.25, 0.3) is 10.9 Å². The Hall–Kier alpha value is -2.80. The highest BCUT2D eigenvalue weighted by Crippen LogP contribution is 2.33. The number of carbonyl (C=O) groups is 2. The van der Waals surface area contributed by atoms with E-state index in [-0.39, 0.29) is 23.8 Å². The van der Waals surface area contributed by atoms with Crippen molar-refractivity contribution in [2.75, 3.05) is 13.2 Å². The molecule has 0 saturated heterocycles. The van der Waals surface area contributed by atoms with Crippen LogP contribution in [0.2, 0.25) is 5.02 Å². The van der Waals surface area contributed by atoms with Crippen LogP contribution in [0, 0.1) is 11.3 Å². The van der Waals surface area contributed by atoms with Crippen molar-refractivity contribution in [3.05, 3.63) is 52.7 Å². The normalized spacial score (nSPS) is 20.9. The molecule has 2 amide bonds. The SMILES string of the molecule is CC(C)(C)CN1Cc2c(cc(Cl)c3[nH]ncc23)C[C@@H](NC(=O)OCC2C=CC=CC2)C1=O. The zero-order chi connectivity index (χ0) is 22.9. The molecule has 2 aliphatic rings. The Morgan fingerprint density at radius 3 is 2.91 bits per heavy atom. The van der Waals surface area contributed by atoms with Crippen molar-refractivity contribution in [3.63, 3.8) is 0 Å². The zero-order valence-electron chi connectivity index (χ0n) is 18.7. The second kappa shape index (κ2) is 8.98. The van der Waals surface area contributed by atoms with E-state index in [9.17, 15) is 9.59 Å². The lowest BCUT2D eigenvalue weighted by atomic mass is 9.95. The molecule has 2 atom stereocenters. The molecule has 2 heterocycles. The molecular weight excluding hydrogens is 428 g/mol. The van der Waals surface area contributed by atoms with Crippen LogP contribution in [-0.2, 0) is 22.5 Å². The first-order chi connectivity index (χ1) is 15.2. The highest BCUT2D eigenvalue weighted by atomic mass is 35.5. The minimum Gasteiger partial charge on any atom is -0.449 e. The number of hydrogen-bond donors (Lipinski definition) is 2. The van der Waals surface area contributed by atoms with Gasteiger partial charge in [0.1, 0.15) is 6.04 Å².